The van der Waals surface area contributed by atoms with E-state index in [4.69, 9.17) is 9.26 Å². The van der Waals surface area contributed by atoms with E-state index in [1.807, 2.05) is 0 Å². The Kier molecular flexibility index (Phi) is 3.09. The van der Waals surface area contributed by atoms with E-state index >= 15 is 0 Å². The first-order chi connectivity index (χ1) is 10.1. The van der Waals surface area contributed by atoms with Gasteiger partial charge in [0.05, 0.1) is 23.3 Å². The van der Waals surface area contributed by atoms with Crippen LogP contribution in [0.3, 0.4) is 0 Å². The third-order valence-electron chi connectivity index (χ3n) is 4.63. The van der Waals surface area contributed by atoms with Crippen LogP contribution >= 0.6 is 0 Å². The Morgan fingerprint density at radius 3 is 2.76 bits per heavy atom. The number of nitrogens with zero attached hydrogens (tertiary/aromatic N) is 3. The summed E-state index contributed by atoms with van der Waals surface area (Å²) >= 11 is 0. The zero-order chi connectivity index (χ0) is 14.6. The number of aromatic nitrogens is 2. The van der Waals surface area contributed by atoms with E-state index in [-0.39, 0.29) is 23.3 Å². The molecule has 21 heavy (non-hydrogen) atoms. The SMILES string of the molecule is Cc1noc([C@H]2C[C@H]3OCC[C@H]3N(S(=O)(=O)C3CC3)C2)n1. The van der Waals surface area contributed by atoms with E-state index in [0.717, 1.165) is 25.7 Å². The van der Waals surface area contributed by atoms with Gasteiger partial charge in [0.25, 0.3) is 0 Å². The largest absolute Gasteiger partial charge is 0.376 e. The van der Waals surface area contributed by atoms with Gasteiger partial charge in [0.1, 0.15) is 0 Å². The highest BCUT2D eigenvalue weighted by molar-refractivity contribution is 7.90. The lowest BCUT2D eigenvalue weighted by molar-refractivity contribution is 0.0417. The van der Waals surface area contributed by atoms with Gasteiger partial charge in [0.2, 0.25) is 15.9 Å². The fraction of sp³-hybridized carbons (Fsp3) is 0.846. The lowest BCUT2D eigenvalue weighted by Gasteiger charge is -2.38. The number of ether oxygens (including phenoxy) is 1. The lowest BCUT2D eigenvalue weighted by Crippen LogP contribution is -2.52. The maximum Gasteiger partial charge on any atom is 0.231 e. The molecular formula is C13H19N3O4S. The number of piperidine rings is 1. The average Bonchev–Trinajstić information content (AvgIpc) is 3.07. The van der Waals surface area contributed by atoms with Crippen LogP contribution in [0.4, 0.5) is 0 Å². The number of hydrogen-bond donors (Lipinski definition) is 0. The van der Waals surface area contributed by atoms with Crippen molar-refractivity contribution in [3.8, 4) is 0 Å². The second kappa shape index (κ2) is 4.76. The average molecular weight is 313 g/mol. The quantitative estimate of drug-likeness (QED) is 0.821. The van der Waals surface area contributed by atoms with Gasteiger partial charge in [-0.05, 0) is 32.6 Å². The van der Waals surface area contributed by atoms with Crippen LogP contribution in [-0.2, 0) is 14.8 Å². The van der Waals surface area contributed by atoms with E-state index in [9.17, 15) is 8.42 Å². The van der Waals surface area contributed by atoms with Gasteiger partial charge >= 0.3 is 0 Å². The molecule has 1 saturated carbocycles. The minimum absolute atomic E-state index is 0.0177. The first kappa shape index (κ1) is 13.7. The summed E-state index contributed by atoms with van der Waals surface area (Å²) in [7, 11) is -3.21. The topological polar surface area (TPSA) is 85.5 Å². The van der Waals surface area contributed by atoms with Crippen molar-refractivity contribution in [2.45, 2.75) is 55.9 Å². The maximum atomic E-state index is 12.7. The van der Waals surface area contributed by atoms with Crippen LogP contribution in [0.5, 0.6) is 0 Å². The number of aryl methyl sites for hydroxylation is 1. The van der Waals surface area contributed by atoms with E-state index in [1.165, 1.54) is 0 Å². The smallest absolute Gasteiger partial charge is 0.231 e. The molecule has 0 spiro atoms. The summed E-state index contributed by atoms with van der Waals surface area (Å²) in [5.74, 6) is 1.03. The Morgan fingerprint density at radius 1 is 1.29 bits per heavy atom. The standard InChI is InChI=1S/C13H19N3O4S/c1-8-14-13(20-15-8)9-6-12-11(4-5-19-12)16(7-9)21(17,18)10-2-3-10/h9-12H,2-7H2,1H3/t9-,11+,12+/m0/s1. The van der Waals surface area contributed by atoms with Gasteiger partial charge in [-0.3, -0.25) is 0 Å². The normalized spacial score (nSPS) is 34.0. The van der Waals surface area contributed by atoms with E-state index in [1.54, 1.807) is 11.2 Å². The predicted octanol–water partition coefficient (Wildman–Crippen LogP) is 0.817. The Morgan fingerprint density at radius 2 is 2.10 bits per heavy atom. The zero-order valence-corrected chi connectivity index (χ0v) is 12.8. The fourth-order valence-electron chi connectivity index (χ4n) is 3.41. The molecule has 3 fully saturated rings. The summed E-state index contributed by atoms with van der Waals surface area (Å²) < 4.78 is 38.0. The third kappa shape index (κ3) is 2.29. The van der Waals surface area contributed by atoms with Crippen LogP contribution < -0.4 is 0 Å². The van der Waals surface area contributed by atoms with Crippen molar-refractivity contribution in [1.82, 2.24) is 14.4 Å². The molecule has 4 rings (SSSR count). The number of rotatable bonds is 3. The van der Waals surface area contributed by atoms with Crippen LogP contribution in [0.25, 0.3) is 0 Å². The predicted molar refractivity (Wildman–Crippen MR) is 73.2 cm³/mol. The molecular weight excluding hydrogens is 294 g/mol. The molecule has 2 aliphatic heterocycles. The molecule has 3 atom stereocenters. The van der Waals surface area contributed by atoms with Gasteiger partial charge in [0.15, 0.2) is 5.82 Å². The molecule has 0 amide bonds. The second-order valence-electron chi connectivity index (χ2n) is 6.19. The number of fused-ring (bicyclic) bond motifs is 1. The van der Waals surface area contributed by atoms with Crippen molar-refractivity contribution >= 4 is 10.0 Å². The van der Waals surface area contributed by atoms with Crippen molar-refractivity contribution in [3.05, 3.63) is 11.7 Å². The van der Waals surface area contributed by atoms with Crippen molar-refractivity contribution in [1.29, 1.82) is 0 Å². The van der Waals surface area contributed by atoms with Gasteiger partial charge in [-0.25, -0.2) is 8.42 Å². The Hall–Kier alpha value is -0.990. The number of sulfonamides is 1. The molecule has 3 heterocycles. The zero-order valence-electron chi connectivity index (χ0n) is 11.9. The summed E-state index contributed by atoms with van der Waals surface area (Å²) in [4.78, 5) is 4.27. The highest BCUT2D eigenvalue weighted by Gasteiger charge is 2.50. The van der Waals surface area contributed by atoms with Crippen LogP contribution in [0.2, 0.25) is 0 Å². The molecule has 0 bridgehead atoms. The molecule has 0 radical (unpaired) electrons. The number of hydrogen-bond acceptors (Lipinski definition) is 6. The van der Waals surface area contributed by atoms with E-state index in [2.05, 4.69) is 10.1 Å². The summed E-state index contributed by atoms with van der Waals surface area (Å²) in [5.41, 5.74) is 0. The molecule has 116 valence electrons. The molecule has 7 nitrogen and oxygen atoms in total. The van der Waals surface area contributed by atoms with Crippen molar-refractivity contribution < 1.29 is 17.7 Å². The third-order valence-corrected chi connectivity index (χ3v) is 7.01. The lowest BCUT2D eigenvalue weighted by atomic mass is 9.92. The summed E-state index contributed by atoms with van der Waals surface area (Å²) in [6.07, 6.45) is 3.04. The molecule has 1 aliphatic carbocycles. The van der Waals surface area contributed by atoms with Crippen LogP contribution in [0.1, 0.15) is 43.3 Å². The monoisotopic (exact) mass is 313 g/mol. The molecule has 1 aromatic rings. The van der Waals surface area contributed by atoms with Crippen molar-refractivity contribution in [2.24, 2.45) is 0 Å². The summed E-state index contributed by atoms with van der Waals surface area (Å²) in [6.45, 7) is 2.83. The first-order valence-electron chi connectivity index (χ1n) is 7.48. The molecule has 1 aromatic heterocycles. The maximum absolute atomic E-state index is 12.7. The Balaban J connectivity index is 1.64. The first-order valence-corrected chi connectivity index (χ1v) is 8.98. The van der Waals surface area contributed by atoms with Crippen molar-refractivity contribution in [3.63, 3.8) is 0 Å². The molecule has 0 N–H and O–H groups in total. The van der Waals surface area contributed by atoms with Gasteiger partial charge in [0, 0.05) is 13.2 Å². The van der Waals surface area contributed by atoms with Crippen LogP contribution in [-0.4, -0.2) is 53.4 Å². The molecule has 0 aromatic carbocycles. The molecule has 8 heteroatoms. The van der Waals surface area contributed by atoms with Gasteiger partial charge in [-0.1, -0.05) is 5.16 Å². The fourth-order valence-corrected chi connectivity index (χ4v) is 5.53. The van der Waals surface area contributed by atoms with Gasteiger partial charge < -0.3 is 9.26 Å². The highest BCUT2D eigenvalue weighted by atomic mass is 32.2. The summed E-state index contributed by atoms with van der Waals surface area (Å²) in [6, 6.07) is -0.0177. The molecule has 0 unspecified atom stereocenters. The summed E-state index contributed by atoms with van der Waals surface area (Å²) in [5, 5.41) is 3.62. The Bertz CT molecular complexity index is 640. The van der Waals surface area contributed by atoms with Gasteiger partial charge in [-0.15, -0.1) is 0 Å². The minimum Gasteiger partial charge on any atom is -0.376 e. The minimum atomic E-state index is -3.21. The molecule has 2 saturated heterocycles. The van der Waals surface area contributed by atoms with Crippen molar-refractivity contribution in [2.75, 3.05) is 13.2 Å². The second-order valence-corrected chi connectivity index (χ2v) is 8.36. The van der Waals surface area contributed by atoms with E-state index < -0.39 is 10.0 Å². The highest BCUT2D eigenvalue weighted by Crippen LogP contribution is 2.41. The van der Waals surface area contributed by atoms with Crippen LogP contribution in [0.15, 0.2) is 4.52 Å². The van der Waals surface area contributed by atoms with E-state index in [0.29, 0.717) is 24.9 Å². The Labute approximate surface area is 123 Å². The molecule has 3 aliphatic rings. The van der Waals surface area contributed by atoms with Crippen LogP contribution in [0, 0.1) is 6.92 Å². The van der Waals surface area contributed by atoms with Gasteiger partial charge in [-0.2, -0.15) is 9.29 Å².